The van der Waals surface area contributed by atoms with E-state index in [1.165, 1.54) is 4.84 Å². The molecule has 0 heterocycles. The second-order valence-electron chi connectivity index (χ2n) is 0.518. The van der Waals surface area contributed by atoms with Crippen LogP contribution in [0.15, 0.2) is 0 Å². The van der Waals surface area contributed by atoms with Gasteiger partial charge < -0.3 is 0 Å². The fraction of sp³-hybridized carbons (Fsp3) is 0. The highest BCUT2D eigenvalue weighted by atomic mass is 35.5. The van der Waals surface area contributed by atoms with Gasteiger partial charge in [-0.2, -0.15) is 5.54 Å². The number of carbonyl (C=O) groups is 1. The lowest BCUT2D eigenvalue weighted by atomic mass is 11.2. The van der Waals surface area contributed by atoms with Crippen LogP contribution in [0.2, 0.25) is 0 Å². The third-order valence-corrected chi connectivity index (χ3v) is 0.343. The number of rotatable bonds is 0. The van der Waals surface area contributed by atoms with Gasteiger partial charge >= 0.3 is 6.03 Å². The summed E-state index contributed by atoms with van der Waals surface area (Å²) in [5, 5.41) is 0. The molecule has 0 aliphatic heterocycles. The molecule has 6 heavy (non-hydrogen) atoms. The minimum Gasteiger partial charge on any atom is -0.248 e. The van der Waals surface area contributed by atoms with E-state index in [4.69, 9.17) is 0 Å². The molecule has 0 aromatic rings. The van der Waals surface area contributed by atoms with E-state index in [1.54, 1.807) is 0 Å². The van der Waals surface area contributed by atoms with Crippen LogP contribution in [0.25, 0.3) is 0 Å². The third kappa shape index (κ3) is 1.78. The molecule has 2 N–H and O–H groups in total. The molecule has 0 aliphatic rings. The highest BCUT2D eigenvalue weighted by Gasteiger charge is 1.88. The molecular formula is CH2ClFN2O. The van der Waals surface area contributed by atoms with E-state index in [1.807, 2.05) is 0 Å². The molecule has 0 fully saturated rings. The number of hydrogen-bond acceptors (Lipinski definition) is 1. The molecule has 5 heteroatoms. The van der Waals surface area contributed by atoms with Gasteiger partial charge in [0.1, 0.15) is 0 Å². The molecule has 0 aromatic heterocycles. The molecule has 3 nitrogen and oxygen atoms in total. The fourth-order valence-electron chi connectivity index (χ4n) is 0.0179. The molecule has 0 rings (SSSR count). The quantitative estimate of drug-likeness (QED) is 0.436. The number of nitrogens with one attached hydrogen (secondary N) is 2. The van der Waals surface area contributed by atoms with E-state index in [2.05, 4.69) is 11.8 Å². The Morgan fingerprint density at radius 1 is 1.83 bits per heavy atom. The molecule has 0 aliphatic carbocycles. The molecule has 0 spiro atoms. The van der Waals surface area contributed by atoms with Crippen molar-refractivity contribution in [2.24, 2.45) is 0 Å². The Bertz CT molecular complexity index is 51.5. The van der Waals surface area contributed by atoms with Crippen molar-refractivity contribution in [2.75, 3.05) is 0 Å². The van der Waals surface area contributed by atoms with Gasteiger partial charge in [0, 0.05) is 11.8 Å². The van der Waals surface area contributed by atoms with E-state index < -0.39 is 6.03 Å². The van der Waals surface area contributed by atoms with E-state index in [9.17, 15) is 9.28 Å². The van der Waals surface area contributed by atoms with E-state index in [0.717, 1.165) is 5.54 Å². The Hall–Kier alpha value is -0.510. The van der Waals surface area contributed by atoms with Crippen LogP contribution in [0, 0.1) is 0 Å². The van der Waals surface area contributed by atoms with Crippen molar-refractivity contribution in [3.05, 3.63) is 0 Å². The van der Waals surface area contributed by atoms with Crippen molar-refractivity contribution < 1.29 is 9.28 Å². The summed E-state index contributed by atoms with van der Waals surface area (Å²) >= 11 is 4.55. The summed E-state index contributed by atoms with van der Waals surface area (Å²) in [5.74, 6) is 0. The number of hydrogen-bond donors (Lipinski definition) is 2. The van der Waals surface area contributed by atoms with Gasteiger partial charge in [-0.3, -0.25) is 0 Å². The van der Waals surface area contributed by atoms with E-state index >= 15 is 0 Å². The lowest BCUT2D eigenvalue weighted by Crippen LogP contribution is -2.21. The number of carbonyl (C=O) groups excluding carboxylic acids is 1. The first-order valence-electron chi connectivity index (χ1n) is 1.08. The van der Waals surface area contributed by atoms with E-state index in [-0.39, 0.29) is 0 Å². The average Bonchev–Trinajstić information content (AvgIpc) is 1.65. The zero-order valence-electron chi connectivity index (χ0n) is 2.66. The SMILES string of the molecule is O=C(NF)NCl. The first kappa shape index (κ1) is 5.49. The monoisotopic (exact) mass is 112 g/mol. The fourth-order valence-corrected chi connectivity index (χ4v) is 0.0536. The summed E-state index contributed by atoms with van der Waals surface area (Å²) in [7, 11) is 0. The standard InChI is InChI=1S/CH2ClFN2O/c2-4-1(6)5-3/h(H2,4,5,6). The molecule has 0 atom stereocenters. The van der Waals surface area contributed by atoms with Gasteiger partial charge in [-0.25, -0.2) is 9.63 Å². The molecular weight excluding hydrogens is 110 g/mol. The topological polar surface area (TPSA) is 41.1 Å². The molecule has 36 valence electrons. The van der Waals surface area contributed by atoms with Crippen LogP contribution in [-0.2, 0) is 0 Å². The Morgan fingerprint density at radius 3 is 2.33 bits per heavy atom. The van der Waals surface area contributed by atoms with Gasteiger partial charge in [-0.05, 0) is 0 Å². The summed E-state index contributed by atoms with van der Waals surface area (Å²) in [4.78, 5) is 10.9. The molecule has 2 amide bonds. The lowest BCUT2D eigenvalue weighted by Gasteiger charge is -1.83. The molecule has 0 unspecified atom stereocenters. The molecule has 0 radical (unpaired) electrons. The maximum Gasteiger partial charge on any atom is 0.357 e. The van der Waals surface area contributed by atoms with Crippen molar-refractivity contribution in [2.45, 2.75) is 0 Å². The third-order valence-electron chi connectivity index (χ3n) is 0.172. The number of urea groups is 1. The van der Waals surface area contributed by atoms with Crippen LogP contribution in [-0.4, -0.2) is 6.03 Å². The maximum atomic E-state index is 10.6. The van der Waals surface area contributed by atoms with Gasteiger partial charge in [0.2, 0.25) is 0 Å². The Kier molecular flexibility index (Phi) is 2.48. The largest absolute Gasteiger partial charge is 0.357 e. The predicted octanol–water partition coefficient (Wildman–Crippen LogP) is 0.324. The van der Waals surface area contributed by atoms with E-state index in [0.29, 0.717) is 0 Å². The Morgan fingerprint density at radius 2 is 2.33 bits per heavy atom. The normalized spacial score (nSPS) is 7.00. The van der Waals surface area contributed by atoms with Gasteiger partial charge in [0.25, 0.3) is 0 Å². The van der Waals surface area contributed by atoms with Gasteiger partial charge in [-0.1, -0.05) is 4.48 Å². The smallest absolute Gasteiger partial charge is 0.248 e. The first-order chi connectivity index (χ1) is 2.81. The molecule has 0 saturated heterocycles. The van der Waals surface area contributed by atoms with Crippen LogP contribution in [0.5, 0.6) is 0 Å². The second kappa shape index (κ2) is 2.71. The zero-order chi connectivity index (χ0) is 4.99. The first-order valence-corrected chi connectivity index (χ1v) is 1.46. The Labute approximate surface area is 38.5 Å². The maximum absolute atomic E-state index is 10.6. The van der Waals surface area contributed by atoms with Crippen molar-refractivity contribution in [1.82, 2.24) is 10.4 Å². The highest BCUT2D eigenvalue weighted by molar-refractivity contribution is 6.20. The van der Waals surface area contributed by atoms with Crippen molar-refractivity contribution in [1.29, 1.82) is 0 Å². The summed E-state index contributed by atoms with van der Waals surface area (Å²) in [5.41, 5.74) is 0.733. The van der Waals surface area contributed by atoms with Crippen LogP contribution in [0.1, 0.15) is 0 Å². The average molecular weight is 112 g/mol. The summed E-state index contributed by atoms with van der Waals surface area (Å²) < 4.78 is 10.6. The highest BCUT2D eigenvalue weighted by Crippen LogP contribution is 1.62. The van der Waals surface area contributed by atoms with Gasteiger partial charge in [-0.15, -0.1) is 0 Å². The minimum atomic E-state index is -1.06. The van der Waals surface area contributed by atoms with Gasteiger partial charge in [0.05, 0.1) is 0 Å². The van der Waals surface area contributed by atoms with Crippen LogP contribution in [0.4, 0.5) is 9.28 Å². The summed E-state index contributed by atoms with van der Waals surface area (Å²) in [6, 6.07) is -1.06. The van der Waals surface area contributed by atoms with Crippen molar-refractivity contribution in [3.63, 3.8) is 0 Å². The molecule has 0 bridgehead atoms. The Balaban J connectivity index is 2.99. The van der Waals surface area contributed by atoms with Crippen LogP contribution in [0.3, 0.4) is 0 Å². The number of halogens is 2. The zero-order valence-corrected chi connectivity index (χ0v) is 3.42. The second-order valence-corrected chi connectivity index (χ2v) is 0.707. The number of amides is 2. The lowest BCUT2D eigenvalue weighted by molar-refractivity contribution is 0.223. The van der Waals surface area contributed by atoms with Crippen molar-refractivity contribution >= 4 is 17.8 Å². The molecule has 0 saturated carbocycles. The van der Waals surface area contributed by atoms with Crippen molar-refractivity contribution in [3.8, 4) is 0 Å². The molecule has 0 aromatic carbocycles. The minimum absolute atomic E-state index is 0.733. The summed E-state index contributed by atoms with van der Waals surface area (Å²) in [6.45, 7) is 0. The summed E-state index contributed by atoms with van der Waals surface area (Å²) in [6.07, 6.45) is 0. The predicted molar refractivity (Wildman–Crippen MR) is 18.6 cm³/mol. The van der Waals surface area contributed by atoms with Gasteiger partial charge in [0.15, 0.2) is 0 Å². The van der Waals surface area contributed by atoms with Crippen LogP contribution >= 0.6 is 11.8 Å². The van der Waals surface area contributed by atoms with Crippen LogP contribution < -0.4 is 10.4 Å².